The van der Waals surface area contributed by atoms with Crippen LogP contribution in [-0.2, 0) is 4.84 Å². The molecule has 4 nitrogen and oxygen atoms in total. The zero-order chi connectivity index (χ0) is 19.6. The molecule has 0 aromatic heterocycles. The third-order valence-corrected chi connectivity index (χ3v) is 4.31. The first-order valence-electron chi connectivity index (χ1n) is 9.25. The third-order valence-electron chi connectivity index (χ3n) is 4.31. The molecular weight excluding hydrogens is 334 g/mol. The van der Waals surface area contributed by atoms with Crippen molar-refractivity contribution < 1.29 is 4.84 Å². The van der Waals surface area contributed by atoms with Crippen LogP contribution in [0.2, 0.25) is 0 Å². The molecule has 2 aromatic rings. The van der Waals surface area contributed by atoms with Crippen LogP contribution in [0, 0.1) is 13.8 Å². The number of hydrogen-bond donors (Lipinski definition) is 0. The quantitative estimate of drug-likeness (QED) is 0.274. The summed E-state index contributed by atoms with van der Waals surface area (Å²) in [7, 11) is 2.01. The Labute approximate surface area is 162 Å². The lowest BCUT2D eigenvalue weighted by molar-refractivity contribution is 0.175. The van der Waals surface area contributed by atoms with Gasteiger partial charge in [-0.2, -0.15) is 0 Å². The fourth-order valence-electron chi connectivity index (χ4n) is 2.55. The van der Waals surface area contributed by atoms with E-state index in [1.807, 2.05) is 55.6 Å². The number of oxime groups is 1. The van der Waals surface area contributed by atoms with E-state index in [0.717, 1.165) is 40.2 Å². The number of rotatable bonds is 8. The number of aliphatic imine (C=N–C) groups is 1. The van der Waals surface area contributed by atoms with Gasteiger partial charge in [-0.15, -0.1) is 0 Å². The fourth-order valence-corrected chi connectivity index (χ4v) is 2.55. The Morgan fingerprint density at radius 2 is 1.85 bits per heavy atom. The van der Waals surface area contributed by atoms with Gasteiger partial charge < -0.3 is 9.74 Å². The molecule has 27 heavy (non-hydrogen) atoms. The van der Waals surface area contributed by atoms with Crippen LogP contribution in [0.3, 0.4) is 0 Å². The summed E-state index contributed by atoms with van der Waals surface area (Å²) in [5.41, 5.74) is 6.34. The van der Waals surface area contributed by atoms with Crippen molar-refractivity contribution in [3.8, 4) is 0 Å². The molecule has 0 aliphatic rings. The van der Waals surface area contributed by atoms with Crippen LogP contribution in [0.15, 0.2) is 58.7 Å². The van der Waals surface area contributed by atoms with E-state index in [2.05, 4.69) is 55.2 Å². The van der Waals surface area contributed by atoms with Gasteiger partial charge in [-0.25, -0.2) is 4.99 Å². The first-order valence-corrected chi connectivity index (χ1v) is 9.25. The molecule has 4 heteroatoms. The molecule has 0 amide bonds. The monoisotopic (exact) mass is 363 g/mol. The minimum atomic E-state index is 0.440. The second-order valence-electron chi connectivity index (χ2n) is 6.56. The molecule has 0 aliphatic heterocycles. The highest BCUT2D eigenvalue weighted by molar-refractivity contribution is 6.00. The molecule has 0 atom stereocenters. The largest absolute Gasteiger partial charge is 0.391 e. The van der Waals surface area contributed by atoms with Gasteiger partial charge in [-0.05, 0) is 62.6 Å². The topological polar surface area (TPSA) is 37.2 Å². The molecule has 0 spiro atoms. The molecular formula is C23H29N3O. The van der Waals surface area contributed by atoms with Gasteiger partial charge in [-0.3, -0.25) is 0 Å². The fraction of sp³-hybridized carbons (Fsp3) is 0.304. The van der Waals surface area contributed by atoms with Gasteiger partial charge in [0.05, 0.1) is 17.7 Å². The molecule has 0 N–H and O–H groups in total. The maximum Gasteiger partial charge on any atom is 0.135 e. The van der Waals surface area contributed by atoms with Crippen molar-refractivity contribution in [3.63, 3.8) is 0 Å². The van der Waals surface area contributed by atoms with Crippen molar-refractivity contribution in [3.05, 3.63) is 70.8 Å². The molecule has 0 heterocycles. The summed E-state index contributed by atoms with van der Waals surface area (Å²) in [6, 6.07) is 14.4. The first-order chi connectivity index (χ1) is 13.0. The van der Waals surface area contributed by atoms with Gasteiger partial charge in [0.2, 0.25) is 0 Å². The van der Waals surface area contributed by atoms with Crippen molar-refractivity contribution in [2.75, 3.05) is 20.2 Å². The highest BCUT2D eigenvalue weighted by Gasteiger charge is 2.07. The van der Waals surface area contributed by atoms with Crippen LogP contribution in [0.4, 0.5) is 5.69 Å². The average Bonchev–Trinajstić information content (AvgIpc) is 2.68. The maximum absolute atomic E-state index is 5.46. The summed E-state index contributed by atoms with van der Waals surface area (Å²) in [5, 5.41) is 4.26. The number of nitrogens with zero attached hydrogens (tertiary/aromatic N) is 3. The predicted molar refractivity (Wildman–Crippen MR) is 116 cm³/mol. The van der Waals surface area contributed by atoms with E-state index >= 15 is 0 Å². The lowest BCUT2D eigenvalue weighted by Gasteiger charge is -2.11. The van der Waals surface area contributed by atoms with Gasteiger partial charge >= 0.3 is 0 Å². The van der Waals surface area contributed by atoms with Crippen LogP contribution < -0.4 is 0 Å². The Kier molecular flexibility index (Phi) is 7.80. The van der Waals surface area contributed by atoms with Gasteiger partial charge in [0.15, 0.2) is 0 Å². The van der Waals surface area contributed by atoms with Crippen molar-refractivity contribution in [1.82, 2.24) is 4.90 Å². The molecule has 0 radical (unpaired) electrons. The molecule has 2 rings (SSSR count). The van der Waals surface area contributed by atoms with Gasteiger partial charge in [0.1, 0.15) is 6.61 Å². The predicted octanol–water partition coefficient (Wildman–Crippen LogP) is 5.37. The summed E-state index contributed by atoms with van der Waals surface area (Å²) in [6.45, 7) is 9.58. The molecule has 0 fully saturated rings. The molecule has 0 saturated heterocycles. The SMILES string of the molecule is CCN(C)/C=N\c1cc(C)c(/C(C)=N/OC/C=C/c2ccccc2)cc1C. The smallest absolute Gasteiger partial charge is 0.135 e. The van der Waals surface area contributed by atoms with Gasteiger partial charge in [-0.1, -0.05) is 41.6 Å². The Morgan fingerprint density at radius 3 is 2.56 bits per heavy atom. The summed E-state index contributed by atoms with van der Waals surface area (Å²) >= 11 is 0. The van der Waals surface area contributed by atoms with E-state index in [4.69, 9.17) is 4.84 Å². The van der Waals surface area contributed by atoms with Crippen LogP contribution in [0.5, 0.6) is 0 Å². The summed E-state index contributed by atoms with van der Waals surface area (Å²) in [5.74, 6) is 0. The van der Waals surface area contributed by atoms with Gasteiger partial charge in [0, 0.05) is 19.2 Å². The zero-order valence-electron chi connectivity index (χ0n) is 16.9. The molecule has 0 bridgehead atoms. The average molecular weight is 364 g/mol. The zero-order valence-corrected chi connectivity index (χ0v) is 16.9. The Hall–Kier alpha value is -2.88. The Bertz CT molecular complexity index is 823. The van der Waals surface area contributed by atoms with Crippen molar-refractivity contribution >= 4 is 23.8 Å². The molecule has 0 aliphatic carbocycles. The highest BCUT2D eigenvalue weighted by atomic mass is 16.6. The maximum atomic E-state index is 5.46. The number of hydrogen-bond acceptors (Lipinski definition) is 3. The van der Waals surface area contributed by atoms with Crippen molar-refractivity contribution in [2.24, 2.45) is 10.1 Å². The van der Waals surface area contributed by atoms with E-state index in [1.165, 1.54) is 0 Å². The molecule has 142 valence electrons. The lowest BCUT2D eigenvalue weighted by atomic mass is 10.0. The second kappa shape index (κ2) is 10.3. The van der Waals surface area contributed by atoms with E-state index < -0.39 is 0 Å². The van der Waals surface area contributed by atoms with Crippen LogP contribution in [-0.4, -0.2) is 37.1 Å². The Balaban J connectivity index is 2.01. The molecule has 0 saturated carbocycles. The van der Waals surface area contributed by atoms with Crippen LogP contribution in [0.25, 0.3) is 6.08 Å². The van der Waals surface area contributed by atoms with E-state index in [9.17, 15) is 0 Å². The van der Waals surface area contributed by atoms with Crippen molar-refractivity contribution in [1.29, 1.82) is 0 Å². The summed E-state index contributed by atoms with van der Waals surface area (Å²) in [4.78, 5) is 12.1. The normalized spacial score (nSPS) is 12.1. The lowest BCUT2D eigenvalue weighted by Crippen LogP contribution is -2.14. The highest BCUT2D eigenvalue weighted by Crippen LogP contribution is 2.23. The first kappa shape index (κ1) is 20.4. The summed E-state index contributed by atoms with van der Waals surface area (Å²) in [6.07, 6.45) is 5.86. The van der Waals surface area contributed by atoms with Crippen molar-refractivity contribution in [2.45, 2.75) is 27.7 Å². The van der Waals surface area contributed by atoms with Gasteiger partial charge in [0.25, 0.3) is 0 Å². The Morgan fingerprint density at radius 1 is 1.11 bits per heavy atom. The number of aryl methyl sites for hydroxylation is 2. The van der Waals surface area contributed by atoms with Crippen LogP contribution in [0.1, 0.15) is 36.1 Å². The molecule has 2 aromatic carbocycles. The summed E-state index contributed by atoms with van der Waals surface area (Å²) < 4.78 is 0. The minimum Gasteiger partial charge on any atom is -0.391 e. The number of benzene rings is 2. The van der Waals surface area contributed by atoms with E-state index in [-0.39, 0.29) is 0 Å². The van der Waals surface area contributed by atoms with Crippen LogP contribution >= 0.6 is 0 Å². The van der Waals surface area contributed by atoms with E-state index in [0.29, 0.717) is 6.61 Å². The molecule has 0 unspecified atom stereocenters. The third kappa shape index (κ3) is 6.41. The minimum absolute atomic E-state index is 0.440. The second-order valence-corrected chi connectivity index (χ2v) is 6.56. The van der Waals surface area contributed by atoms with E-state index in [1.54, 1.807) is 0 Å². The standard InChI is InChI=1S/C23H29N3O/c1-6-26(5)17-24-23-16-18(2)22(15-19(23)3)20(4)25-27-14-10-13-21-11-8-7-9-12-21/h7-13,15-17H,6,14H2,1-5H3/b13-10+,24-17-,25-20+.